The van der Waals surface area contributed by atoms with Crippen molar-refractivity contribution in [3.63, 3.8) is 0 Å². The van der Waals surface area contributed by atoms with Crippen molar-refractivity contribution in [2.24, 2.45) is 4.99 Å². The summed E-state index contributed by atoms with van der Waals surface area (Å²) in [7, 11) is 2.08. The second-order valence-electron chi connectivity index (χ2n) is 4.99. The number of hydrogen-bond acceptors (Lipinski definition) is 5. The highest BCUT2D eigenvalue weighted by molar-refractivity contribution is 6.14. The highest BCUT2D eigenvalue weighted by Crippen LogP contribution is 2.35. The lowest BCUT2D eigenvalue weighted by Crippen LogP contribution is -2.50. The van der Waals surface area contributed by atoms with Crippen molar-refractivity contribution in [1.29, 1.82) is 0 Å². The Morgan fingerprint density at radius 3 is 3.11 bits per heavy atom. The molecule has 2 aliphatic rings. The largest absolute Gasteiger partial charge is 0.310 e. The average molecular weight is 255 g/mol. The zero-order valence-electron chi connectivity index (χ0n) is 10.6. The minimum absolute atomic E-state index is 0.159. The van der Waals surface area contributed by atoms with Gasteiger partial charge in [-0.1, -0.05) is 6.07 Å². The molecule has 1 saturated heterocycles. The Labute approximate surface area is 109 Å². The van der Waals surface area contributed by atoms with Crippen LogP contribution in [0.2, 0.25) is 0 Å². The number of hydrogen-bond donors (Lipinski definition) is 1. The lowest BCUT2D eigenvalue weighted by molar-refractivity contribution is 0.371. The van der Waals surface area contributed by atoms with E-state index >= 15 is 0 Å². The van der Waals surface area contributed by atoms with Gasteiger partial charge in [0.25, 0.3) is 5.56 Å². The molecule has 1 aromatic carbocycles. The third kappa shape index (κ3) is 1.43. The molecule has 0 saturated carbocycles. The Hall–Kier alpha value is -2.21. The van der Waals surface area contributed by atoms with Crippen LogP contribution in [0.15, 0.2) is 28.0 Å². The number of nitrogens with zero attached hydrogens (tertiary/aromatic N) is 4. The van der Waals surface area contributed by atoms with Crippen molar-refractivity contribution in [2.75, 3.05) is 31.6 Å². The van der Waals surface area contributed by atoms with E-state index in [-0.39, 0.29) is 5.56 Å². The number of fused-ring (bicyclic) bond motifs is 2. The van der Waals surface area contributed by atoms with Gasteiger partial charge in [-0.05, 0) is 19.2 Å². The predicted octanol–water partition coefficient (Wildman–Crippen LogP) is 0.718. The van der Waals surface area contributed by atoms with Gasteiger partial charge in [0, 0.05) is 13.1 Å². The van der Waals surface area contributed by atoms with Crippen LogP contribution in [0.1, 0.15) is 0 Å². The molecule has 4 rings (SSSR count). The van der Waals surface area contributed by atoms with Gasteiger partial charge >= 0.3 is 0 Å². The van der Waals surface area contributed by atoms with Crippen molar-refractivity contribution in [3.8, 4) is 0 Å². The fraction of sp³-hybridized carbons (Fsp3) is 0.308. The molecule has 0 atom stereocenters. The van der Waals surface area contributed by atoms with Crippen LogP contribution in [-0.2, 0) is 0 Å². The third-order valence-corrected chi connectivity index (χ3v) is 3.71. The first-order chi connectivity index (χ1) is 9.24. The number of benzene rings is 1. The molecule has 0 spiro atoms. The van der Waals surface area contributed by atoms with Crippen LogP contribution < -0.4 is 10.5 Å². The average Bonchev–Trinajstić information content (AvgIpc) is 2.41. The summed E-state index contributed by atoms with van der Waals surface area (Å²) in [5.41, 5.74) is 0.682. The van der Waals surface area contributed by atoms with Crippen LogP contribution in [0.4, 0.5) is 11.5 Å². The number of likely N-dealkylation sites (N-methyl/N-ethyl adjacent to an activating group) is 1. The zero-order chi connectivity index (χ0) is 13.0. The Bertz CT molecular complexity index is 763. The van der Waals surface area contributed by atoms with E-state index in [1.54, 1.807) is 0 Å². The SMILES string of the molecule is CN1CCN2C(=Nc3cccc4c(=O)[nH]nc2c34)C1. The summed E-state index contributed by atoms with van der Waals surface area (Å²) in [6.07, 6.45) is 0. The van der Waals surface area contributed by atoms with Crippen LogP contribution in [0, 0.1) is 0 Å². The number of aliphatic imine (C=N–C) groups is 1. The first kappa shape index (κ1) is 10.7. The van der Waals surface area contributed by atoms with Gasteiger partial charge < -0.3 is 4.90 Å². The molecule has 0 aliphatic carbocycles. The first-order valence-electron chi connectivity index (χ1n) is 6.29. The molecule has 6 nitrogen and oxygen atoms in total. The molecular weight excluding hydrogens is 242 g/mol. The molecule has 1 fully saturated rings. The van der Waals surface area contributed by atoms with E-state index in [0.29, 0.717) is 5.39 Å². The summed E-state index contributed by atoms with van der Waals surface area (Å²) in [5.74, 6) is 1.82. The highest BCUT2D eigenvalue weighted by Gasteiger charge is 2.28. The molecule has 19 heavy (non-hydrogen) atoms. The van der Waals surface area contributed by atoms with Crippen LogP contribution in [0.3, 0.4) is 0 Å². The maximum Gasteiger partial charge on any atom is 0.272 e. The molecule has 2 aliphatic heterocycles. The lowest BCUT2D eigenvalue weighted by Gasteiger charge is -2.36. The van der Waals surface area contributed by atoms with Gasteiger partial charge in [0.05, 0.1) is 23.0 Å². The molecule has 0 radical (unpaired) electrons. The van der Waals surface area contributed by atoms with E-state index < -0.39 is 0 Å². The van der Waals surface area contributed by atoms with Gasteiger partial charge in [0.2, 0.25) is 0 Å². The number of H-pyrrole nitrogens is 1. The van der Waals surface area contributed by atoms with Crippen LogP contribution >= 0.6 is 0 Å². The molecule has 3 heterocycles. The van der Waals surface area contributed by atoms with Gasteiger partial charge in [-0.3, -0.25) is 9.69 Å². The predicted molar refractivity (Wildman–Crippen MR) is 74.3 cm³/mol. The minimum atomic E-state index is -0.159. The summed E-state index contributed by atoms with van der Waals surface area (Å²) in [6, 6.07) is 5.62. The van der Waals surface area contributed by atoms with E-state index in [2.05, 4.69) is 32.0 Å². The summed E-state index contributed by atoms with van der Waals surface area (Å²) in [6.45, 7) is 2.61. The summed E-state index contributed by atoms with van der Waals surface area (Å²) < 4.78 is 0. The first-order valence-corrected chi connectivity index (χ1v) is 6.29. The molecule has 6 heteroatoms. The maximum absolute atomic E-state index is 11.8. The van der Waals surface area contributed by atoms with Gasteiger partial charge in [0.15, 0.2) is 5.82 Å². The van der Waals surface area contributed by atoms with E-state index in [1.165, 1.54) is 0 Å². The number of anilines is 1. The number of nitrogens with one attached hydrogen (secondary N) is 1. The smallest absolute Gasteiger partial charge is 0.272 e. The number of piperazine rings is 1. The Morgan fingerprint density at radius 1 is 1.32 bits per heavy atom. The maximum atomic E-state index is 11.8. The summed E-state index contributed by atoms with van der Waals surface area (Å²) >= 11 is 0. The standard InChI is InChI=1S/C13H13N5O/c1-17-5-6-18-10(7-17)14-9-4-2-3-8-11(9)12(18)15-16-13(8)19/h2-4H,5-7H2,1H3,(H,16,19). The van der Waals surface area contributed by atoms with E-state index in [0.717, 1.165) is 42.4 Å². The highest BCUT2D eigenvalue weighted by atomic mass is 16.1. The Kier molecular flexibility index (Phi) is 2.05. The zero-order valence-corrected chi connectivity index (χ0v) is 10.6. The van der Waals surface area contributed by atoms with E-state index in [9.17, 15) is 4.79 Å². The van der Waals surface area contributed by atoms with Crippen molar-refractivity contribution in [1.82, 2.24) is 15.1 Å². The second-order valence-corrected chi connectivity index (χ2v) is 4.99. The molecule has 0 unspecified atom stereocenters. The molecule has 0 amide bonds. The Morgan fingerprint density at radius 2 is 2.21 bits per heavy atom. The van der Waals surface area contributed by atoms with Crippen molar-refractivity contribution >= 4 is 28.1 Å². The topological polar surface area (TPSA) is 64.6 Å². The number of amidine groups is 1. The lowest BCUT2D eigenvalue weighted by atomic mass is 10.1. The second kappa shape index (κ2) is 3.64. The summed E-state index contributed by atoms with van der Waals surface area (Å²) in [4.78, 5) is 20.9. The number of aromatic nitrogens is 2. The van der Waals surface area contributed by atoms with Gasteiger partial charge in [-0.2, -0.15) is 5.10 Å². The number of rotatable bonds is 0. The molecular formula is C13H13N5O. The summed E-state index contributed by atoms with van der Waals surface area (Å²) in [5, 5.41) is 8.34. The van der Waals surface area contributed by atoms with Crippen LogP contribution in [0.25, 0.3) is 10.8 Å². The molecule has 96 valence electrons. The van der Waals surface area contributed by atoms with Gasteiger partial charge in [-0.25, -0.2) is 10.1 Å². The van der Waals surface area contributed by atoms with Gasteiger partial charge in [-0.15, -0.1) is 0 Å². The van der Waals surface area contributed by atoms with Crippen molar-refractivity contribution < 1.29 is 0 Å². The number of aromatic amines is 1. The quantitative estimate of drug-likeness (QED) is 0.753. The van der Waals surface area contributed by atoms with Crippen molar-refractivity contribution in [2.45, 2.75) is 0 Å². The van der Waals surface area contributed by atoms with E-state index in [1.807, 2.05) is 18.2 Å². The third-order valence-electron chi connectivity index (χ3n) is 3.71. The molecule has 2 aromatic rings. The van der Waals surface area contributed by atoms with Crippen molar-refractivity contribution in [3.05, 3.63) is 28.6 Å². The molecule has 1 aromatic heterocycles. The van der Waals surface area contributed by atoms with Gasteiger partial charge in [0.1, 0.15) is 5.84 Å². The fourth-order valence-corrected chi connectivity index (χ4v) is 2.74. The monoisotopic (exact) mass is 255 g/mol. The molecule has 1 N–H and O–H groups in total. The fourth-order valence-electron chi connectivity index (χ4n) is 2.74. The normalized spacial score (nSPS) is 18.4. The van der Waals surface area contributed by atoms with E-state index in [4.69, 9.17) is 0 Å². The molecule has 0 bridgehead atoms. The van der Waals surface area contributed by atoms with Crippen LogP contribution in [0.5, 0.6) is 0 Å². The van der Waals surface area contributed by atoms with Crippen LogP contribution in [-0.4, -0.2) is 47.6 Å². The Balaban J connectivity index is 2.05. The minimum Gasteiger partial charge on any atom is -0.310 e.